The summed E-state index contributed by atoms with van der Waals surface area (Å²) in [6, 6.07) is 2.00. The van der Waals surface area contributed by atoms with Gasteiger partial charge in [0.25, 0.3) is 0 Å². The molecule has 1 aliphatic heterocycles. The standard InChI is InChI=1S/C10H14N2O2S.C2H5NO/c1-2-14-10(13)12-4-3-7-5-9(11)15-8(7)6-12;1-2(3)4/h5H,2-4,6,11H2,1H3;1H3,(H2,3,4). The number of nitrogen functional groups attached to an aromatic ring is 1. The molecule has 1 aliphatic rings. The zero-order chi connectivity index (χ0) is 14.4. The Morgan fingerprint density at radius 1 is 1.53 bits per heavy atom. The summed E-state index contributed by atoms with van der Waals surface area (Å²) in [5.74, 6) is -0.333. The van der Waals surface area contributed by atoms with E-state index in [1.807, 2.05) is 13.0 Å². The molecular weight excluding hydrogens is 266 g/mol. The highest BCUT2D eigenvalue weighted by Gasteiger charge is 2.23. The van der Waals surface area contributed by atoms with Crippen molar-refractivity contribution in [1.82, 2.24) is 4.90 Å². The first-order valence-electron chi connectivity index (χ1n) is 5.98. The van der Waals surface area contributed by atoms with E-state index in [4.69, 9.17) is 10.5 Å². The average Bonchev–Trinajstić information content (AvgIpc) is 2.67. The molecule has 2 rings (SSSR count). The number of hydrogen-bond donors (Lipinski definition) is 2. The first-order valence-corrected chi connectivity index (χ1v) is 6.80. The van der Waals surface area contributed by atoms with Gasteiger partial charge in [0.15, 0.2) is 0 Å². The summed E-state index contributed by atoms with van der Waals surface area (Å²) in [5.41, 5.74) is 11.5. The van der Waals surface area contributed by atoms with Crippen LogP contribution in [0.15, 0.2) is 6.07 Å². The maximum Gasteiger partial charge on any atom is 0.410 e. The van der Waals surface area contributed by atoms with Gasteiger partial charge in [-0.05, 0) is 25.0 Å². The van der Waals surface area contributed by atoms with Crippen LogP contribution in [0.25, 0.3) is 0 Å². The van der Waals surface area contributed by atoms with Crippen LogP contribution in [-0.4, -0.2) is 30.1 Å². The first-order chi connectivity index (χ1) is 8.93. The summed E-state index contributed by atoms with van der Waals surface area (Å²) in [6.07, 6.45) is 0.650. The molecule has 0 saturated carbocycles. The SMILES string of the molecule is CC(N)=O.CCOC(=O)N1CCc2cc(N)sc2C1. The van der Waals surface area contributed by atoms with Crippen LogP contribution >= 0.6 is 11.3 Å². The van der Waals surface area contributed by atoms with Crippen molar-refractivity contribution in [3.8, 4) is 0 Å². The minimum Gasteiger partial charge on any atom is -0.450 e. The number of amides is 2. The first kappa shape index (κ1) is 15.3. The van der Waals surface area contributed by atoms with Crippen molar-refractivity contribution >= 4 is 28.3 Å². The van der Waals surface area contributed by atoms with Gasteiger partial charge in [-0.1, -0.05) is 0 Å². The molecule has 0 aliphatic carbocycles. The zero-order valence-corrected chi connectivity index (χ0v) is 12.0. The van der Waals surface area contributed by atoms with Crippen LogP contribution in [0.1, 0.15) is 24.3 Å². The summed E-state index contributed by atoms with van der Waals surface area (Å²) < 4.78 is 4.96. The van der Waals surface area contributed by atoms with Gasteiger partial charge in [-0.2, -0.15) is 0 Å². The molecule has 0 spiro atoms. The van der Waals surface area contributed by atoms with Gasteiger partial charge in [0.2, 0.25) is 5.91 Å². The fourth-order valence-electron chi connectivity index (χ4n) is 1.71. The van der Waals surface area contributed by atoms with Gasteiger partial charge in [0.1, 0.15) is 0 Å². The molecule has 4 N–H and O–H groups in total. The Bertz CT molecular complexity index is 455. The Kier molecular flexibility index (Phi) is 5.62. The van der Waals surface area contributed by atoms with E-state index in [2.05, 4.69) is 5.73 Å². The third kappa shape index (κ3) is 4.78. The van der Waals surface area contributed by atoms with E-state index in [-0.39, 0.29) is 12.0 Å². The Morgan fingerprint density at radius 3 is 2.74 bits per heavy atom. The van der Waals surface area contributed by atoms with Gasteiger partial charge < -0.3 is 21.1 Å². The number of primary amides is 1. The Labute approximate surface area is 116 Å². The second kappa shape index (κ2) is 6.98. The zero-order valence-electron chi connectivity index (χ0n) is 11.1. The quantitative estimate of drug-likeness (QED) is 0.813. The van der Waals surface area contributed by atoms with Gasteiger partial charge in [-0.25, -0.2) is 4.79 Å². The number of hydrogen-bond acceptors (Lipinski definition) is 5. The molecule has 0 fully saturated rings. The number of carbonyl (C=O) groups is 2. The van der Waals surface area contributed by atoms with Crippen molar-refractivity contribution in [1.29, 1.82) is 0 Å². The van der Waals surface area contributed by atoms with E-state index >= 15 is 0 Å². The predicted octanol–water partition coefficient (Wildman–Crippen LogP) is 1.34. The van der Waals surface area contributed by atoms with E-state index in [9.17, 15) is 9.59 Å². The topological polar surface area (TPSA) is 98.7 Å². The van der Waals surface area contributed by atoms with E-state index in [1.165, 1.54) is 17.4 Å². The molecular formula is C12H19N3O3S. The second-order valence-electron chi connectivity index (χ2n) is 4.08. The number of thiophene rings is 1. The molecule has 19 heavy (non-hydrogen) atoms. The molecule has 0 bridgehead atoms. The minimum absolute atomic E-state index is 0.227. The molecule has 1 aromatic rings. The fourth-order valence-corrected chi connectivity index (χ4v) is 2.71. The highest BCUT2D eigenvalue weighted by Crippen LogP contribution is 2.29. The van der Waals surface area contributed by atoms with Crippen LogP contribution in [0, 0.1) is 0 Å². The number of nitrogens with two attached hydrogens (primary N) is 2. The lowest BCUT2D eigenvalue weighted by atomic mass is 10.1. The predicted molar refractivity (Wildman–Crippen MR) is 74.7 cm³/mol. The summed E-state index contributed by atoms with van der Waals surface area (Å²) in [6.45, 7) is 4.91. The molecule has 0 radical (unpaired) electrons. The van der Waals surface area contributed by atoms with Crippen molar-refractivity contribution < 1.29 is 14.3 Å². The molecule has 106 valence electrons. The van der Waals surface area contributed by atoms with Gasteiger partial charge in [0, 0.05) is 18.3 Å². The van der Waals surface area contributed by atoms with Crippen LogP contribution in [0.4, 0.5) is 9.80 Å². The number of anilines is 1. The number of rotatable bonds is 1. The monoisotopic (exact) mass is 285 g/mol. The maximum atomic E-state index is 11.5. The van der Waals surface area contributed by atoms with Crippen LogP contribution in [0.3, 0.4) is 0 Å². The highest BCUT2D eigenvalue weighted by molar-refractivity contribution is 7.16. The van der Waals surface area contributed by atoms with Gasteiger partial charge in [0.05, 0.1) is 18.2 Å². The maximum absolute atomic E-state index is 11.5. The molecule has 0 aromatic carbocycles. The van der Waals surface area contributed by atoms with Crippen molar-refractivity contribution in [2.45, 2.75) is 26.8 Å². The van der Waals surface area contributed by atoms with Gasteiger partial charge in [-0.15, -0.1) is 11.3 Å². The van der Waals surface area contributed by atoms with E-state index in [0.29, 0.717) is 13.2 Å². The fraction of sp³-hybridized carbons (Fsp3) is 0.500. The van der Waals surface area contributed by atoms with E-state index in [1.54, 1.807) is 16.2 Å². The number of fused-ring (bicyclic) bond motifs is 1. The normalized spacial score (nSPS) is 13.1. The third-order valence-electron chi connectivity index (χ3n) is 2.43. The van der Waals surface area contributed by atoms with Crippen LogP contribution in [0.2, 0.25) is 0 Å². The Morgan fingerprint density at radius 2 is 2.16 bits per heavy atom. The number of nitrogens with zero attached hydrogens (tertiary/aromatic N) is 1. The Balaban J connectivity index is 0.000000399. The molecule has 0 atom stereocenters. The van der Waals surface area contributed by atoms with E-state index in [0.717, 1.165) is 18.0 Å². The third-order valence-corrected chi connectivity index (χ3v) is 3.42. The van der Waals surface area contributed by atoms with Crippen molar-refractivity contribution in [2.75, 3.05) is 18.9 Å². The smallest absolute Gasteiger partial charge is 0.410 e. The summed E-state index contributed by atoms with van der Waals surface area (Å²) >= 11 is 1.56. The number of carbonyl (C=O) groups excluding carboxylic acids is 2. The lowest BCUT2D eigenvalue weighted by Crippen LogP contribution is -2.35. The van der Waals surface area contributed by atoms with Crippen molar-refractivity contribution in [3.63, 3.8) is 0 Å². The van der Waals surface area contributed by atoms with Gasteiger partial charge >= 0.3 is 6.09 Å². The molecule has 0 saturated heterocycles. The summed E-state index contributed by atoms with van der Waals surface area (Å²) in [4.78, 5) is 23.6. The van der Waals surface area contributed by atoms with Crippen LogP contribution in [-0.2, 0) is 22.5 Å². The largest absolute Gasteiger partial charge is 0.450 e. The molecule has 7 heteroatoms. The lowest BCUT2D eigenvalue weighted by molar-refractivity contribution is -0.115. The summed E-state index contributed by atoms with van der Waals surface area (Å²) in [5, 5.41) is 0.825. The minimum atomic E-state index is -0.333. The molecule has 1 aromatic heterocycles. The van der Waals surface area contributed by atoms with Crippen LogP contribution in [0.5, 0.6) is 0 Å². The van der Waals surface area contributed by atoms with Gasteiger partial charge in [-0.3, -0.25) is 4.79 Å². The molecule has 0 unspecified atom stereocenters. The molecule has 6 nitrogen and oxygen atoms in total. The van der Waals surface area contributed by atoms with Crippen molar-refractivity contribution in [2.24, 2.45) is 5.73 Å². The van der Waals surface area contributed by atoms with Crippen molar-refractivity contribution in [3.05, 3.63) is 16.5 Å². The summed E-state index contributed by atoms with van der Waals surface area (Å²) in [7, 11) is 0. The highest BCUT2D eigenvalue weighted by atomic mass is 32.1. The average molecular weight is 285 g/mol. The van der Waals surface area contributed by atoms with E-state index < -0.39 is 0 Å². The lowest BCUT2D eigenvalue weighted by Gasteiger charge is -2.25. The number of ether oxygens (including phenoxy) is 1. The molecule has 2 amide bonds. The Hall–Kier alpha value is -1.76. The van der Waals surface area contributed by atoms with Crippen LogP contribution < -0.4 is 11.5 Å². The second-order valence-corrected chi connectivity index (χ2v) is 5.25. The molecule has 2 heterocycles.